The number of nitrogens with two attached hydrogens (primary N) is 1. The first-order chi connectivity index (χ1) is 14.2. The zero-order chi connectivity index (χ0) is 22.3. The molecule has 0 unspecified atom stereocenters. The summed E-state index contributed by atoms with van der Waals surface area (Å²) in [6.07, 6.45) is 3.43. The van der Waals surface area contributed by atoms with Crippen LogP contribution in [0, 0.1) is 17.3 Å². The van der Waals surface area contributed by atoms with E-state index in [9.17, 15) is 13.6 Å². The molecule has 1 atom stereocenters. The van der Waals surface area contributed by atoms with Crippen molar-refractivity contribution in [2.75, 3.05) is 14.2 Å². The highest BCUT2D eigenvalue weighted by molar-refractivity contribution is 8.15. The number of hydrogen-bond acceptors (Lipinski definition) is 7. The highest BCUT2D eigenvalue weighted by Gasteiger charge is 2.38. The first kappa shape index (κ1) is 23.0. The van der Waals surface area contributed by atoms with Crippen molar-refractivity contribution < 1.29 is 18.3 Å². The van der Waals surface area contributed by atoms with Crippen molar-refractivity contribution in [1.82, 2.24) is 9.97 Å². The Bertz CT molecular complexity index is 1030. The minimum atomic E-state index is -1.27. The summed E-state index contributed by atoms with van der Waals surface area (Å²) >= 11 is 0.936. The third-order valence-corrected chi connectivity index (χ3v) is 5.21. The zero-order valence-corrected chi connectivity index (χ0v) is 17.3. The number of nitrogens with zero attached hydrogens (tertiary/aromatic N) is 4. The summed E-state index contributed by atoms with van der Waals surface area (Å²) in [5.41, 5.74) is 6.39. The number of carbonyl (C=O) groups excluding carboxylic acids is 1. The van der Waals surface area contributed by atoms with Crippen LogP contribution < -0.4 is 5.73 Å². The number of aromatic nitrogens is 2. The molecule has 0 aromatic carbocycles. The predicted octanol–water partition coefficient (Wildman–Crippen LogP) is 3.11. The first-order valence-corrected chi connectivity index (χ1v) is 9.42. The lowest BCUT2D eigenvalue weighted by Gasteiger charge is -2.25. The van der Waals surface area contributed by atoms with E-state index in [1.807, 2.05) is 6.07 Å². The molecule has 0 aliphatic heterocycles. The van der Waals surface area contributed by atoms with E-state index < -0.39 is 22.5 Å². The number of halogens is 2. The molecular weight excluding hydrogens is 412 g/mol. The number of methoxy groups -OCH3 is 1. The maximum absolute atomic E-state index is 14.5. The normalized spacial score (nSPS) is 14.0. The predicted molar refractivity (Wildman–Crippen MR) is 111 cm³/mol. The van der Waals surface area contributed by atoms with Crippen molar-refractivity contribution in [3.8, 4) is 6.07 Å². The molecule has 7 nitrogen and oxygen atoms in total. The number of aliphatic imine (C=N–C) groups is 1. The van der Waals surface area contributed by atoms with Gasteiger partial charge in [0, 0.05) is 31.4 Å². The van der Waals surface area contributed by atoms with Crippen molar-refractivity contribution in [2.24, 2.45) is 10.7 Å². The Kier molecular flexibility index (Phi) is 7.60. The molecule has 2 aromatic rings. The van der Waals surface area contributed by atoms with Crippen molar-refractivity contribution >= 4 is 34.8 Å². The fourth-order valence-corrected chi connectivity index (χ4v) is 3.49. The second-order valence-electron chi connectivity index (χ2n) is 6.32. The molecule has 0 saturated heterocycles. The molecule has 2 N–H and O–H groups in total. The van der Waals surface area contributed by atoms with Gasteiger partial charge in [0.15, 0.2) is 5.17 Å². The van der Waals surface area contributed by atoms with Gasteiger partial charge in [-0.15, -0.1) is 0 Å². The van der Waals surface area contributed by atoms with Gasteiger partial charge >= 0.3 is 5.97 Å². The number of carbonyl (C=O) groups is 1. The molecule has 0 radical (unpaired) electrons. The Morgan fingerprint density at radius 1 is 1.43 bits per heavy atom. The number of rotatable bonds is 6. The maximum Gasteiger partial charge on any atom is 0.322 e. The smallest absolute Gasteiger partial charge is 0.322 e. The molecule has 0 aliphatic carbocycles. The SMILES string of the molecule is C/N=C(/N)S[C@](C)(Cc1cc(/C=C(\F)c2ccc(C#N)cn2)cnc1F)C(=O)OC. The summed E-state index contributed by atoms with van der Waals surface area (Å²) in [5, 5.41) is 8.92. The molecule has 10 heteroatoms. The van der Waals surface area contributed by atoms with Crippen molar-refractivity contribution in [2.45, 2.75) is 18.1 Å². The van der Waals surface area contributed by atoms with Gasteiger partial charge in [-0.3, -0.25) is 14.8 Å². The fraction of sp³-hybridized carbons (Fsp3) is 0.250. The van der Waals surface area contributed by atoms with Gasteiger partial charge in [-0.2, -0.15) is 9.65 Å². The Morgan fingerprint density at radius 3 is 2.73 bits per heavy atom. The minimum Gasteiger partial charge on any atom is -0.468 e. The fourth-order valence-electron chi connectivity index (χ4n) is 2.54. The highest BCUT2D eigenvalue weighted by atomic mass is 32.2. The molecule has 2 heterocycles. The van der Waals surface area contributed by atoms with Crippen LogP contribution >= 0.6 is 11.8 Å². The van der Waals surface area contributed by atoms with Crippen LogP contribution in [-0.4, -0.2) is 40.0 Å². The van der Waals surface area contributed by atoms with Crippen LogP contribution in [0.5, 0.6) is 0 Å². The van der Waals surface area contributed by atoms with Crippen LogP contribution in [0.25, 0.3) is 11.9 Å². The van der Waals surface area contributed by atoms with Crippen LogP contribution in [0.15, 0.2) is 35.6 Å². The van der Waals surface area contributed by atoms with E-state index in [0.29, 0.717) is 5.56 Å². The number of thioether (sulfide) groups is 1. The third kappa shape index (κ3) is 5.61. The second kappa shape index (κ2) is 9.93. The van der Waals surface area contributed by atoms with Gasteiger partial charge in [0.2, 0.25) is 5.95 Å². The number of amidine groups is 1. The van der Waals surface area contributed by atoms with Crippen molar-refractivity contribution in [3.63, 3.8) is 0 Å². The van der Waals surface area contributed by atoms with E-state index in [1.54, 1.807) is 6.92 Å². The number of pyridine rings is 2. The van der Waals surface area contributed by atoms with E-state index in [4.69, 9.17) is 15.7 Å². The number of esters is 1. The van der Waals surface area contributed by atoms with E-state index >= 15 is 0 Å². The highest BCUT2D eigenvalue weighted by Crippen LogP contribution is 2.32. The maximum atomic E-state index is 14.5. The summed E-state index contributed by atoms with van der Waals surface area (Å²) < 4.78 is 32.4. The quantitative estimate of drug-likeness (QED) is 0.323. The van der Waals surface area contributed by atoms with Gasteiger partial charge in [0.25, 0.3) is 0 Å². The first-order valence-electron chi connectivity index (χ1n) is 8.60. The average Bonchev–Trinajstić information content (AvgIpc) is 2.75. The molecule has 0 aliphatic rings. The molecule has 30 heavy (non-hydrogen) atoms. The van der Waals surface area contributed by atoms with Crippen molar-refractivity contribution in [1.29, 1.82) is 5.26 Å². The lowest BCUT2D eigenvalue weighted by atomic mass is 10.00. The van der Waals surface area contributed by atoms with Gasteiger partial charge in [-0.05, 0) is 36.8 Å². The minimum absolute atomic E-state index is 0.0155. The van der Waals surface area contributed by atoms with E-state index in [2.05, 4.69) is 15.0 Å². The summed E-state index contributed by atoms with van der Waals surface area (Å²) in [6, 6.07) is 6.07. The molecule has 0 bridgehead atoms. The van der Waals surface area contributed by atoms with Crippen LogP contribution in [0.2, 0.25) is 0 Å². The van der Waals surface area contributed by atoms with E-state index in [-0.39, 0.29) is 28.4 Å². The van der Waals surface area contributed by atoms with Gasteiger partial charge in [0.1, 0.15) is 16.6 Å². The van der Waals surface area contributed by atoms with Gasteiger partial charge < -0.3 is 10.5 Å². The molecule has 0 saturated carbocycles. The van der Waals surface area contributed by atoms with E-state index in [1.165, 1.54) is 38.6 Å². The standard InChI is InChI=1S/C20H19F2N5O2S/c1-20(18(28)29-3,30-19(24)25-2)8-14-6-13(11-27-17(14)22)7-15(21)16-5-4-12(9-23)10-26-16/h4-7,10-11H,8H2,1-3H3,(H2,24,25)/b15-7-/t20-/m1/s1. The van der Waals surface area contributed by atoms with Crippen molar-refractivity contribution in [3.05, 3.63) is 58.9 Å². The molecular formula is C20H19F2N5O2S. The van der Waals surface area contributed by atoms with Gasteiger partial charge in [-0.25, -0.2) is 9.37 Å². The Labute approximate surface area is 176 Å². The number of nitriles is 1. The third-order valence-electron chi connectivity index (χ3n) is 4.06. The lowest BCUT2D eigenvalue weighted by molar-refractivity contribution is -0.143. The molecule has 0 amide bonds. The molecule has 0 fully saturated rings. The number of hydrogen-bond donors (Lipinski definition) is 1. The topological polar surface area (TPSA) is 114 Å². The molecule has 0 spiro atoms. The molecule has 2 rings (SSSR count). The van der Waals surface area contributed by atoms with Gasteiger partial charge in [0.05, 0.1) is 18.4 Å². The van der Waals surface area contributed by atoms with Crippen LogP contribution in [0.1, 0.15) is 29.3 Å². The molecule has 2 aromatic heterocycles. The Hall–Kier alpha value is -3.32. The Morgan fingerprint density at radius 2 is 2.17 bits per heavy atom. The summed E-state index contributed by atoms with van der Waals surface area (Å²) in [7, 11) is 2.68. The van der Waals surface area contributed by atoms with Crippen LogP contribution in [0.4, 0.5) is 8.78 Å². The summed E-state index contributed by atoms with van der Waals surface area (Å²) in [4.78, 5) is 23.6. The largest absolute Gasteiger partial charge is 0.468 e. The summed E-state index contributed by atoms with van der Waals surface area (Å²) in [5.74, 6) is -2.11. The van der Waals surface area contributed by atoms with Crippen LogP contribution in [-0.2, 0) is 16.0 Å². The Balaban J connectivity index is 2.37. The monoisotopic (exact) mass is 431 g/mol. The lowest BCUT2D eigenvalue weighted by Crippen LogP contribution is -2.38. The molecule has 156 valence electrons. The zero-order valence-electron chi connectivity index (χ0n) is 16.5. The second-order valence-corrected chi connectivity index (χ2v) is 7.84. The number of ether oxygens (including phenoxy) is 1. The van der Waals surface area contributed by atoms with Gasteiger partial charge in [-0.1, -0.05) is 11.8 Å². The summed E-state index contributed by atoms with van der Waals surface area (Å²) in [6.45, 7) is 1.55. The van der Waals surface area contributed by atoms with Crippen LogP contribution in [0.3, 0.4) is 0 Å². The van der Waals surface area contributed by atoms with E-state index in [0.717, 1.165) is 24.0 Å². The average molecular weight is 431 g/mol.